The molecule has 4 rings (SSSR count). The number of likely N-dealkylation sites (tertiary alicyclic amines) is 1. The third-order valence-electron chi connectivity index (χ3n) is 5.96. The van der Waals surface area contributed by atoms with Crippen molar-refractivity contribution in [2.75, 3.05) is 33.7 Å². The van der Waals surface area contributed by atoms with Crippen LogP contribution in [0, 0.1) is 5.92 Å². The summed E-state index contributed by atoms with van der Waals surface area (Å²) in [5.41, 5.74) is 1.01. The fraction of sp³-hybridized carbons (Fsp3) is 0.524. The van der Waals surface area contributed by atoms with Crippen LogP contribution in [0.15, 0.2) is 29.3 Å². The SMILES string of the molecule is CC1CCCN(CC2=[N+](Cc3cccc(Cl)c3)C3C(=O)N(C)C(=O)N(C)C3=N2)C1. The van der Waals surface area contributed by atoms with E-state index in [1.165, 1.54) is 29.7 Å². The molecule has 0 radical (unpaired) electrons. The number of piperidine rings is 1. The quantitative estimate of drug-likeness (QED) is 0.707. The number of hydrogen-bond donors (Lipinski definition) is 0. The molecule has 0 spiro atoms. The Bertz CT molecular complexity index is 912. The lowest BCUT2D eigenvalue weighted by molar-refractivity contribution is -0.552. The van der Waals surface area contributed by atoms with E-state index >= 15 is 0 Å². The molecule has 0 N–H and O–H groups in total. The number of aliphatic imine (C=N–C) groups is 1. The zero-order chi connectivity index (χ0) is 20.7. The first-order valence-corrected chi connectivity index (χ1v) is 10.5. The first-order chi connectivity index (χ1) is 13.8. The number of carbonyl (C=O) groups excluding carboxylic acids is 2. The van der Waals surface area contributed by atoms with Gasteiger partial charge in [-0.3, -0.25) is 19.5 Å². The van der Waals surface area contributed by atoms with Crippen LogP contribution in [0.25, 0.3) is 0 Å². The van der Waals surface area contributed by atoms with Crippen molar-refractivity contribution in [3.05, 3.63) is 34.9 Å². The number of halogens is 1. The lowest BCUT2D eigenvalue weighted by Gasteiger charge is -2.31. The number of carbonyl (C=O) groups is 2. The molecule has 3 heterocycles. The minimum atomic E-state index is -0.584. The number of amides is 3. The van der Waals surface area contributed by atoms with Crippen molar-refractivity contribution in [1.29, 1.82) is 0 Å². The molecule has 0 bridgehead atoms. The van der Waals surface area contributed by atoms with Gasteiger partial charge in [-0.1, -0.05) is 30.7 Å². The normalized spacial score (nSPS) is 25.6. The highest BCUT2D eigenvalue weighted by Crippen LogP contribution is 2.23. The molecule has 1 aromatic rings. The van der Waals surface area contributed by atoms with Crippen molar-refractivity contribution < 1.29 is 14.2 Å². The third-order valence-corrected chi connectivity index (χ3v) is 6.20. The zero-order valence-corrected chi connectivity index (χ0v) is 17.9. The number of imide groups is 1. The fourth-order valence-electron chi connectivity index (χ4n) is 4.42. The van der Waals surface area contributed by atoms with Crippen molar-refractivity contribution in [3.8, 4) is 0 Å². The summed E-state index contributed by atoms with van der Waals surface area (Å²) in [6.07, 6.45) is 2.42. The first-order valence-electron chi connectivity index (χ1n) is 10.1. The van der Waals surface area contributed by atoms with Gasteiger partial charge in [0.05, 0.1) is 0 Å². The van der Waals surface area contributed by atoms with E-state index in [9.17, 15) is 9.59 Å². The molecule has 29 heavy (non-hydrogen) atoms. The highest BCUT2D eigenvalue weighted by Gasteiger charge is 2.53. The number of hydrogen-bond acceptors (Lipinski definition) is 4. The number of benzene rings is 1. The molecule has 8 heteroatoms. The molecule has 3 aliphatic heterocycles. The molecule has 2 saturated heterocycles. The maximum absolute atomic E-state index is 13.0. The largest absolute Gasteiger partial charge is 0.333 e. The van der Waals surface area contributed by atoms with Gasteiger partial charge in [0.1, 0.15) is 13.1 Å². The van der Waals surface area contributed by atoms with Crippen LogP contribution in [-0.2, 0) is 11.3 Å². The fourth-order valence-corrected chi connectivity index (χ4v) is 4.63. The molecule has 7 nitrogen and oxygen atoms in total. The van der Waals surface area contributed by atoms with Crippen LogP contribution in [0.2, 0.25) is 5.02 Å². The highest BCUT2D eigenvalue weighted by atomic mass is 35.5. The number of rotatable bonds is 4. The molecule has 2 unspecified atom stereocenters. The number of likely N-dealkylation sites (N-methyl/N-ethyl adjacent to an activating group) is 2. The van der Waals surface area contributed by atoms with Gasteiger partial charge in [-0.15, -0.1) is 0 Å². The van der Waals surface area contributed by atoms with Crippen LogP contribution in [0.5, 0.6) is 0 Å². The maximum atomic E-state index is 13.0. The standard InChI is InChI=1S/C21H27ClN5O2/c1-14-6-5-9-26(11-14)13-17-23-19-18(20(28)25(3)21(29)24(19)2)27(17)12-15-7-4-8-16(22)10-15/h4,7-8,10,14,18H,5-6,9,11-13H2,1-3H3/q+1. The minimum absolute atomic E-state index is 0.240. The van der Waals surface area contributed by atoms with E-state index in [4.69, 9.17) is 16.6 Å². The minimum Gasteiger partial charge on any atom is -0.292 e. The van der Waals surface area contributed by atoms with Crippen LogP contribution in [-0.4, -0.2) is 82.7 Å². The van der Waals surface area contributed by atoms with Crippen LogP contribution < -0.4 is 0 Å². The number of fused-ring (bicyclic) bond motifs is 1. The van der Waals surface area contributed by atoms with Gasteiger partial charge in [0.15, 0.2) is 0 Å². The molecule has 154 valence electrons. The summed E-state index contributed by atoms with van der Waals surface area (Å²) >= 11 is 6.18. The Hall–Kier alpha value is -2.25. The molecule has 2 fully saturated rings. The van der Waals surface area contributed by atoms with Crippen molar-refractivity contribution in [2.45, 2.75) is 32.4 Å². The van der Waals surface area contributed by atoms with E-state index in [1.807, 2.05) is 28.8 Å². The molecular formula is C21H27ClN5O2+. The summed E-state index contributed by atoms with van der Waals surface area (Å²) in [5, 5.41) is 0.661. The lowest BCUT2D eigenvalue weighted by Crippen LogP contribution is -2.61. The topological polar surface area (TPSA) is 59.2 Å². The molecular weight excluding hydrogens is 390 g/mol. The number of urea groups is 1. The van der Waals surface area contributed by atoms with Crippen molar-refractivity contribution >= 4 is 35.2 Å². The molecule has 3 amide bonds. The molecule has 0 aliphatic carbocycles. The Morgan fingerprint density at radius 2 is 2.03 bits per heavy atom. The second-order valence-corrected chi connectivity index (χ2v) is 8.70. The summed E-state index contributed by atoms with van der Waals surface area (Å²) in [6, 6.07) is 6.72. The lowest BCUT2D eigenvalue weighted by atomic mass is 10.0. The van der Waals surface area contributed by atoms with E-state index in [0.29, 0.717) is 29.9 Å². The summed E-state index contributed by atoms with van der Waals surface area (Å²) in [4.78, 5) is 35.3. The molecule has 2 atom stereocenters. The van der Waals surface area contributed by atoms with E-state index < -0.39 is 6.04 Å². The highest BCUT2D eigenvalue weighted by molar-refractivity contribution is 6.30. The first kappa shape index (κ1) is 20.0. The molecule has 1 aromatic carbocycles. The summed E-state index contributed by atoms with van der Waals surface area (Å²) < 4.78 is 2.03. The number of nitrogens with zero attached hydrogens (tertiary/aromatic N) is 5. The van der Waals surface area contributed by atoms with E-state index in [2.05, 4.69) is 11.8 Å². The molecule has 3 aliphatic rings. The van der Waals surface area contributed by atoms with E-state index in [0.717, 1.165) is 24.5 Å². The van der Waals surface area contributed by atoms with Gasteiger partial charge in [0.25, 0.3) is 17.8 Å². The number of amidine groups is 2. The Kier molecular flexibility index (Phi) is 5.44. The van der Waals surface area contributed by atoms with Crippen LogP contribution in [0.1, 0.15) is 25.3 Å². The molecule has 0 aromatic heterocycles. The maximum Gasteiger partial charge on any atom is 0.333 e. The summed E-state index contributed by atoms with van der Waals surface area (Å²) in [5.74, 6) is 1.76. The van der Waals surface area contributed by atoms with Crippen molar-refractivity contribution in [2.24, 2.45) is 10.9 Å². The predicted molar refractivity (Wildman–Crippen MR) is 112 cm³/mol. The monoisotopic (exact) mass is 416 g/mol. The second kappa shape index (κ2) is 7.88. The third kappa shape index (κ3) is 3.81. The Balaban J connectivity index is 1.70. The Labute approximate surface area is 176 Å². The van der Waals surface area contributed by atoms with Gasteiger partial charge < -0.3 is 0 Å². The Morgan fingerprint density at radius 3 is 2.76 bits per heavy atom. The summed E-state index contributed by atoms with van der Waals surface area (Å²) in [7, 11) is 3.21. The van der Waals surface area contributed by atoms with E-state index in [-0.39, 0.29) is 11.9 Å². The van der Waals surface area contributed by atoms with Crippen LogP contribution in [0.4, 0.5) is 4.79 Å². The van der Waals surface area contributed by atoms with Gasteiger partial charge in [-0.25, -0.2) is 9.37 Å². The van der Waals surface area contributed by atoms with Gasteiger partial charge in [-0.05, 0) is 48.0 Å². The molecule has 0 saturated carbocycles. The van der Waals surface area contributed by atoms with Gasteiger partial charge in [0, 0.05) is 25.7 Å². The van der Waals surface area contributed by atoms with E-state index in [1.54, 1.807) is 7.05 Å². The summed E-state index contributed by atoms with van der Waals surface area (Å²) in [6.45, 7) is 5.50. The average Bonchev–Trinajstić information content (AvgIpc) is 3.03. The Morgan fingerprint density at radius 1 is 1.24 bits per heavy atom. The van der Waals surface area contributed by atoms with Crippen LogP contribution in [0.3, 0.4) is 0 Å². The smallest absolute Gasteiger partial charge is 0.292 e. The predicted octanol–water partition coefficient (Wildman–Crippen LogP) is 2.29. The van der Waals surface area contributed by atoms with Gasteiger partial charge in [0.2, 0.25) is 0 Å². The van der Waals surface area contributed by atoms with Crippen LogP contribution >= 0.6 is 11.6 Å². The van der Waals surface area contributed by atoms with Crippen molar-refractivity contribution in [3.63, 3.8) is 0 Å². The second-order valence-electron chi connectivity index (χ2n) is 8.27. The van der Waals surface area contributed by atoms with Crippen molar-refractivity contribution in [1.82, 2.24) is 14.7 Å². The van der Waals surface area contributed by atoms with Gasteiger partial charge in [-0.2, -0.15) is 0 Å². The zero-order valence-electron chi connectivity index (χ0n) is 17.1. The van der Waals surface area contributed by atoms with Gasteiger partial charge >= 0.3 is 11.9 Å². The average molecular weight is 417 g/mol.